The van der Waals surface area contributed by atoms with Crippen molar-refractivity contribution in [2.24, 2.45) is 5.16 Å². The smallest absolute Gasteiger partial charge is 0.318 e. The van der Waals surface area contributed by atoms with Gasteiger partial charge >= 0.3 is 5.97 Å². The third kappa shape index (κ3) is 3.27. The lowest BCUT2D eigenvalue weighted by Gasteiger charge is -2.17. The lowest BCUT2D eigenvalue weighted by molar-refractivity contribution is -0.140. The van der Waals surface area contributed by atoms with Gasteiger partial charge in [0.2, 0.25) is 0 Å². The molecule has 0 fully saturated rings. The van der Waals surface area contributed by atoms with Gasteiger partial charge in [-0.15, -0.1) is 0 Å². The summed E-state index contributed by atoms with van der Waals surface area (Å²) in [6, 6.07) is 12.2. The van der Waals surface area contributed by atoms with Crippen molar-refractivity contribution in [3.05, 3.63) is 63.6 Å². The lowest BCUT2D eigenvalue weighted by Crippen LogP contribution is -2.29. The molecule has 0 spiro atoms. The summed E-state index contributed by atoms with van der Waals surface area (Å²) in [5, 5.41) is 4.77. The normalized spacial score (nSPS) is 14.9. The molecule has 2 aromatic rings. The van der Waals surface area contributed by atoms with Crippen molar-refractivity contribution in [3.8, 4) is 0 Å². The van der Waals surface area contributed by atoms with E-state index in [2.05, 4.69) is 9.99 Å². The summed E-state index contributed by atoms with van der Waals surface area (Å²) in [5.74, 6) is -0.960. The van der Waals surface area contributed by atoms with E-state index in [1.165, 1.54) is 6.92 Å². The van der Waals surface area contributed by atoms with Crippen LogP contribution in [-0.2, 0) is 21.0 Å². The molecule has 0 radical (unpaired) electrons. The van der Waals surface area contributed by atoms with Gasteiger partial charge in [0.1, 0.15) is 0 Å². The molecule has 0 aromatic heterocycles. The van der Waals surface area contributed by atoms with Gasteiger partial charge in [-0.3, -0.25) is 4.79 Å². The fraction of sp³-hybridized carbons (Fsp3) is 0.118. The van der Waals surface area contributed by atoms with Crippen molar-refractivity contribution < 1.29 is 14.4 Å². The van der Waals surface area contributed by atoms with E-state index in [4.69, 9.17) is 23.2 Å². The van der Waals surface area contributed by atoms with Crippen molar-refractivity contribution in [1.82, 2.24) is 0 Å². The van der Waals surface area contributed by atoms with Crippen molar-refractivity contribution in [3.63, 3.8) is 0 Å². The standard InChI is InChI=1S/C17H12Cl2N2O3/c1-10(22)24-20-16-14-8-13(19)6-7-15(14)21(17(16)23)9-11-2-4-12(18)5-3-11/h2-8H,9H2,1H3. The van der Waals surface area contributed by atoms with Crippen LogP contribution in [0.5, 0.6) is 0 Å². The average molecular weight is 363 g/mol. The number of carbonyl (C=O) groups is 2. The van der Waals surface area contributed by atoms with Crippen LogP contribution in [0.3, 0.4) is 0 Å². The molecule has 0 bridgehead atoms. The molecule has 2 aromatic carbocycles. The Morgan fingerprint density at radius 1 is 1.12 bits per heavy atom. The predicted octanol–water partition coefficient (Wildman–Crippen LogP) is 3.81. The number of nitrogens with zero attached hydrogens (tertiary/aromatic N) is 2. The minimum Gasteiger partial charge on any atom is -0.318 e. The van der Waals surface area contributed by atoms with Crippen LogP contribution in [0, 0.1) is 0 Å². The Bertz CT molecular complexity index is 847. The zero-order valence-electron chi connectivity index (χ0n) is 12.6. The van der Waals surface area contributed by atoms with Crippen molar-refractivity contribution in [1.29, 1.82) is 0 Å². The highest BCUT2D eigenvalue weighted by molar-refractivity contribution is 6.54. The summed E-state index contributed by atoms with van der Waals surface area (Å²) in [5.41, 5.74) is 2.15. The third-order valence-electron chi connectivity index (χ3n) is 3.47. The Morgan fingerprint density at radius 3 is 2.46 bits per heavy atom. The second kappa shape index (κ2) is 6.63. The SMILES string of the molecule is CC(=O)ON=C1C(=O)N(Cc2ccc(Cl)cc2)c2ccc(Cl)cc21. The number of rotatable bonds is 3. The minimum absolute atomic E-state index is 0.0525. The summed E-state index contributed by atoms with van der Waals surface area (Å²) in [6.45, 7) is 1.55. The van der Waals surface area contributed by atoms with E-state index >= 15 is 0 Å². The summed E-state index contributed by atoms with van der Waals surface area (Å²) >= 11 is 11.9. The van der Waals surface area contributed by atoms with Gasteiger partial charge in [-0.2, -0.15) is 0 Å². The molecule has 1 heterocycles. The maximum atomic E-state index is 12.7. The molecule has 0 unspecified atom stereocenters. The third-order valence-corrected chi connectivity index (χ3v) is 3.96. The highest BCUT2D eigenvalue weighted by Gasteiger charge is 2.35. The van der Waals surface area contributed by atoms with Gasteiger partial charge in [0.25, 0.3) is 5.91 Å². The van der Waals surface area contributed by atoms with Crippen LogP contribution in [0.1, 0.15) is 18.1 Å². The van der Waals surface area contributed by atoms with Crippen LogP contribution in [0.25, 0.3) is 0 Å². The summed E-state index contributed by atoms with van der Waals surface area (Å²) in [4.78, 5) is 29.9. The molecule has 7 heteroatoms. The number of oxime groups is 1. The number of carbonyl (C=O) groups excluding carboxylic acids is 2. The van der Waals surface area contributed by atoms with Gasteiger partial charge in [0, 0.05) is 22.5 Å². The summed E-state index contributed by atoms with van der Waals surface area (Å²) in [7, 11) is 0. The van der Waals surface area contributed by atoms with Crippen LogP contribution < -0.4 is 4.90 Å². The highest BCUT2D eigenvalue weighted by Crippen LogP contribution is 2.33. The van der Waals surface area contributed by atoms with Crippen molar-refractivity contribution in [2.45, 2.75) is 13.5 Å². The van der Waals surface area contributed by atoms with E-state index in [0.29, 0.717) is 27.8 Å². The Kier molecular flexibility index (Phi) is 4.55. The molecule has 1 aliphatic rings. The van der Waals surface area contributed by atoms with Gasteiger partial charge in [-0.05, 0) is 35.9 Å². The number of anilines is 1. The number of benzene rings is 2. The van der Waals surface area contributed by atoms with Gasteiger partial charge < -0.3 is 9.74 Å². The maximum absolute atomic E-state index is 12.7. The second-order valence-electron chi connectivity index (χ2n) is 5.20. The van der Waals surface area contributed by atoms with Crippen LogP contribution >= 0.6 is 23.2 Å². The van der Waals surface area contributed by atoms with Gasteiger partial charge in [0.15, 0.2) is 5.71 Å². The monoisotopic (exact) mass is 362 g/mol. The Morgan fingerprint density at radius 2 is 1.79 bits per heavy atom. The molecule has 1 aliphatic heterocycles. The van der Waals surface area contributed by atoms with E-state index in [1.807, 2.05) is 12.1 Å². The van der Waals surface area contributed by atoms with E-state index < -0.39 is 5.97 Å². The van der Waals surface area contributed by atoms with Crippen LogP contribution in [-0.4, -0.2) is 17.6 Å². The molecule has 122 valence electrons. The maximum Gasteiger partial charge on any atom is 0.332 e. The van der Waals surface area contributed by atoms with E-state index in [-0.39, 0.29) is 11.6 Å². The zero-order chi connectivity index (χ0) is 17.3. The first-order valence-corrected chi connectivity index (χ1v) is 7.83. The van der Waals surface area contributed by atoms with E-state index in [1.54, 1.807) is 35.2 Å². The zero-order valence-corrected chi connectivity index (χ0v) is 14.1. The minimum atomic E-state index is -0.602. The summed E-state index contributed by atoms with van der Waals surface area (Å²) < 4.78 is 0. The molecular formula is C17H12Cl2N2O3. The Labute approximate surface area is 148 Å². The first-order chi connectivity index (χ1) is 11.5. The molecule has 24 heavy (non-hydrogen) atoms. The topological polar surface area (TPSA) is 59.0 Å². The van der Waals surface area contributed by atoms with Gasteiger partial charge in [-0.25, -0.2) is 4.79 Å². The fourth-order valence-electron chi connectivity index (χ4n) is 2.41. The van der Waals surface area contributed by atoms with E-state index in [0.717, 1.165) is 5.56 Å². The molecular weight excluding hydrogens is 351 g/mol. The Balaban J connectivity index is 1.99. The van der Waals surface area contributed by atoms with Gasteiger partial charge in [-0.1, -0.05) is 40.5 Å². The number of fused-ring (bicyclic) bond motifs is 1. The molecule has 1 amide bonds. The van der Waals surface area contributed by atoms with E-state index in [9.17, 15) is 9.59 Å². The van der Waals surface area contributed by atoms with Crippen LogP contribution in [0.15, 0.2) is 47.6 Å². The fourth-order valence-corrected chi connectivity index (χ4v) is 2.71. The largest absolute Gasteiger partial charge is 0.332 e. The molecule has 0 saturated heterocycles. The summed E-state index contributed by atoms with van der Waals surface area (Å²) in [6.07, 6.45) is 0. The van der Waals surface area contributed by atoms with Gasteiger partial charge in [0.05, 0.1) is 12.2 Å². The quantitative estimate of drug-likeness (QED) is 0.616. The number of hydrogen-bond donors (Lipinski definition) is 0. The Hall–Kier alpha value is -2.37. The van der Waals surface area contributed by atoms with Crippen LogP contribution in [0.4, 0.5) is 5.69 Å². The number of amides is 1. The molecule has 5 nitrogen and oxygen atoms in total. The second-order valence-corrected chi connectivity index (χ2v) is 6.07. The molecule has 0 atom stereocenters. The number of halogens is 2. The molecule has 0 N–H and O–H groups in total. The van der Waals surface area contributed by atoms with Crippen molar-refractivity contribution in [2.75, 3.05) is 4.90 Å². The molecule has 0 aliphatic carbocycles. The highest BCUT2D eigenvalue weighted by atomic mass is 35.5. The molecule has 0 saturated carbocycles. The predicted molar refractivity (Wildman–Crippen MR) is 92.4 cm³/mol. The number of hydrogen-bond acceptors (Lipinski definition) is 4. The first kappa shape index (κ1) is 16.5. The molecule has 3 rings (SSSR count). The van der Waals surface area contributed by atoms with Crippen LogP contribution in [0.2, 0.25) is 10.0 Å². The van der Waals surface area contributed by atoms with Crippen molar-refractivity contribution >= 4 is 46.5 Å². The average Bonchev–Trinajstić information content (AvgIpc) is 2.79. The first-order valence-electron chi connectivity index (χ1n) is 7.07. The lowest BCUT2D eigenvalue weighted by atomic mass is 10.1.